The van der Waals surface area contributed by atoms with E-state index >= 15 is 0 Å². The van der Waals surface area contributed by atoms with Crippen molar-refractivity contribution in [3.8, 4) is 16.9 Å². The molecule has 1 saturated carbocycles. The Balaban J connectivity index is 1.10. The summed E-state index contributed by atoms with van der Waals surface area (Å²) in [6.45, 7) is 6.40. The summed E-state index contributed by atoms with van der Waals surface area (Å²) in [5, 5.41) is 9.26. The minimum Gasteiger partial charge on any atom is -0.491 e. The third-order valence-corrected chi connectivity index (χ3v) is 9.58. The predicted octanol–water partition coefficient (Wildman–Crippen LogP) is 8.28. The van der Waals surface area contributed by atoms with Gasteiger partial charge in [-0.15, -0.1) is 0 Å². The Morgan fingerprint density at radius 2 is 1.58 bits per heavy atom. The highest BCUT2D eigenvalue weighted by molar-refractivity contribution is 6.04. The van der Waals surface area contributed by atoms with Gasteiger partial charge in [-0.05, 0) is 117 Å². The smallest absolute Gasteiger partial charge is 0.407 e. The van der Waals surface area contributed by atoms with Crippen molar-refractivity contribution in [1.29, 1.82) is 0 Å². The molecule has 2 amide bonds. The highest BCUT2D eigenvalue weighted by atomic mass is 16.6. The van der Waals surface area contributed by atoms with Crippen LogP contribution < -0.4 is 15.4 Å². The van der Waals surface area contributed by atoms with E-state index in [0.717, 1.165) is 53.1 Å². The van der Waals surface area contributed by atoms with Gasteiger partial charge in [0, 0.05) is 24.0 Å². The zero-order chi connectivity index (χ0) is 36.7. The van der Waals surface area contributed by atoms with Gasteiger partial charge in [-0.1, -0.05) is 60.7 Å². The minimum absolute atomic E-state index is 0.0420. The molecule has 0 saturated heterocycles. The number of alkyl carbamates (subject to hydrolysis) is 1. The van der Waals surface area contributed by atoms with E-state index < -0.39 is 17.7 Å². The van der Waals surface area contributed by atoms with Crippen LogP contribution in [0, 0.1) is 11.8 Å². The molecule has 0 aliphatic heterocycles. The van der Waals surface area contributed by atoms with Crippen LogP contribution in [0.25, 0.3) is 32.8 Å². The highest BCUT2D eigenvalue weighted by Crippen LogP contribution is 2.30. The second-order valence-electron chi connectivity index (χ2n) is 14.6. The number of carbonyl (C=O) groups is 3. The van der Waals surface area contributed by atoms with Gasteiger partial charge in [-0.2, -0.15) is 0 Å². The van der Waals surface area contributed by atoms with Gasteiger partial charge in [0.15, 0.2) is 0 Å². The van der Waals surface area contributed by atoms with Crippen LogP contribution in [0.2, 0.25) is 0 Å². The first kappa shape index (κ1) is 36.4. The van der Waals surface area contributed by atoms with E-state index in [9.17, 15) is 14.4 Å². The molecule has 9 heteroatoms. The Morgan fingerprint density at radius 3 is 2.31 bits per heavy atom. The molecule has 1 aromatic heterocycles. The van der Waals surface area contributed by atoms with Crippen molar-refractivity contribution in [2.24, 2.45) is 11.8 Å². The molecule has 4 aromatic carbocycles. The number of aromatic nitrogens is 1. The summed E-state index contributed by atoms with van der Waals surface area (Å²) in [4.78, 5) is 42.5. The van der Waals surface area contributed by atoms with Crippen LogP contribution >= 0.6 is 0 Å². The fourth-order valence-electron chi connectivity index (χ4n) is 6.85. The minimum atomic E-state index is -0.537. The topological polar surface area (TPSA) is 116 Å². The van der Waals surface area contributed by atoms with Crippen molar-refractivity contribution in [3.05, 3.63) is 108 Å². The average Bonchev–Trinajstić information content (AvgIpc) is 3.15. The van der Waals surface area contributed by atoms with Crippen LogP contribution in [-0.2, 0) is 20.7 Å². The van der Waals surface area contributed by atoms with E-state index in [1.165, 1.54) is 12.5 Å². The maximum Gasteiger partial charge on any atom is 0.407 e. The van der Waals surface area contributed by atoms with Crippen LogP contribution in [0.4, 0.5) is 4.79 Å². The number of methoxy groups -OCH3 is 1. The number of nitrogens with one attached hydrogen (secondary N) is 2. The lowest BCUT2D eigenvalue weighted by molar-refractivity contribution is -0.127. The number of nitrogens with zero attached hydrogens (tertiary/aromatic N) is 1. The van der Waals surface area contributed by atoms with E-state index in [2.05, 4.69) is 45.9 Å². The quantitative estimate of drug-likeness (QED) is 0.133. The molecule has 0 bridgehead atoms. The lowest BCUT2D eigenvalue weighted by atomic mass is 9.81. The Morgan fingerprint density at radius 1 is 0.846 bits per heavy atom. The number of carbonyl (C=O) groups excluding carboxylic acids is 3. The third kappa shape index (κ3) is 9.46. The first-order valence-corrected chi connectivity index (χ1v) is 18.0. The molecule has 9 nitrogen and oxygen atoms in total. The van der Waals surface area contributed by atoms with E-state index in [0.29, 0.717) is 42.3 Å². The molecule has 0 unspecified atom stereocenters. The van der Waals surface area contributed by atoms with Crippen LogP contribution in [0.1, 0.15) is 62.4 Å². The van der Waals surface area contributed by atoms with E-state index in [1.807, 2.05) is 75.4 Å². The Labute approximate surface area is 305 Å². The van der Waals surface area contributed by atoms with E-state index in [-0.39, 0.29) is 17.9 Å². The molecule has 2 N–H and O–H groups in total. The van der Waals surface area contributed by atoms with Crippen LogP contribution in [0.3, 0.4) is 0 Å². The van der Waals surface area contributed by atoms with Gasteiger partial charge < -0.3 is 24.8 Å². The van der Waals surface area contributed by atoms with Crippen LogP contribution in [0.15, 0.2) is 97.2 Å². The Bertz CT molecular complexity index is 2030. The Kier molecular flexibility index (Phi) is 11.4. The molecule has 1 fully saturated rings. The second kappa shape index (κ2) is 16.3. The molecular weight excluding hydrogens is 654 g/mol. The fourth-order valence-corrected chi connectivity index (χ4v) is 6.85. The van der Waals surface area contributed by atoms with E-state index in [4.69, 9.17) is 14.2 Å². The number of hydrogen-bond donors (Lipinski definition) is 2. The molecule has 270 valence electrons. The van der Waals surface area contributed by atoms with Crippen LogP contribution in [-0.4, -0.2) is 54.9 Å². The van der Waals surface area contributed by atoms with Crippen LogP contribution in [0.5, 0.6) is 5.75 Å². The summed E-state index contributed by atoms with van der Waals surface area (Å²) < 4.78 is 16.7. The summed E-state index contributed by atoms with van der Waals surface area (Å²) in [6, 6.07) is 29.7. The summed E-state index contributed by atoms with van der Waals surface area (Å²) in [6.07, 6.45) is 5.09. The van der Waals surface area contributed by atoms with Crippen molar-refractivity contribution in [2.45, 2.75) is 64.5 Å². The number of pyridine rings is 1. The van der Waals surface area contributed by atoms with Gasteiger partial charge in [0.1, 0.15) is 18.0 Å². The van der Waals surface area contributed by atoms with Gasteiger partial charge in [0.05, 0.1) is 24.2 Å². The van der Waals surface area contributed by atoms with Gasteiger partial charge in [-0.3, -0.25) is 9.78 Å². The first-order chi connectivity index (χ1) is 25.0. The van der Waals surface area contributed by atoms with Crippen molar-refractivity contribution < 1.29 is 28.6 Å². The average molecular weight is 702 g/mol. The zero-order valence-corrected chi connectivity index (χ0v) is 30.3. The molecule has 1 atom stereocenters. The SMILES string of the molecule is COC(=O)c1ccnc2ccc(-c3ccc(OC[C@H](Cc4ccc5ccccc5c4)NC(=O)C4CCC(CNC(=O)OC(C)(C)C)CC4)cc3)cc12. The number of hydrogen-bond acceptors (Lipinski definition) is 7. The van der Waals surface area contributed by atoms with Crippen molar-refractivity contribution in [3.63, 3.8) is 0 Å². The van der Waals surface area contributed by atoms with Crippen molar-refractivity contribution in [1.82, 2.24) is 15.6 Å². The third-order valence-electron chi connectivity index (χ3n) is 9.58. The number of rotatable bonds is 11. The van der Waals surface area contributed by atoms with Gasteiger partial charge in [0.2, 0.25) is 5.91 Å². The van der Waals surface area contributed by atoms with Gasteiger partial charge in [0.25, 0.3) is 0 Å². The summed E-state index contributed by atoms with van der Waals surface area (Å²) >= 11 is 0. The molecular formula is C43H47N3O6. The number of fused-ring (bicyclic) bond motifs is 2. The lowest BCUT2D eigenvalue weighted by Crippen LogP contribution is -2.44. The maximum absolute atomic E-state index is 13.6. The molecule has 0 spiro atoms. The Hall–Kier alpha value is -5.44. The molecule has 1 aliphatic carbocycles. The highest BCUT2D eigenvalue weighted by Gasteiger charge is 2.29. The molecule has 6 rings (SSSR count). The zero-order valence-electron chi connectivity index (χ0n) is 30.3. The number of ether oxygens (including phenoxy) is 3. The monoisotopic (exact) mass is 701 g/mol. The largest absolute Gasteiger partial charge is 0.491 e. The molecule has 0 radical (unpaired) electrons. The van der Waals surface area contributed by atoms with Crippen molar-refractivity contribution in [2.75, 3.05) is 20.3 Å². The molecule has 5 aromatic rings. The standard InChI is InChI=1S/C43H47N3O6/c1-43(2,3)52-42(49)45-26-28-9-13-32(14-10-28)40(47)46-35(24-29-11-12-30-7-5-6-8-33(30)23-29)27-51-36-18-15-31(16-19-36)34-17-20-39-38(25-34)37(21-22-44-39)41(48)50-4/h5-8,11-12,15-23,25,28,32,35H,9-10,13-14,24,26-27H2,1-4H3,(H,45,49)(H,46,47)/t28?,32?,35-/m0/s1. The molecule has 1 aliphatic rings. The number of esters is 1. The number of amides is 2. The summed E-state index contributed by atoms with van der Waals surface area (Å²) in [7, 11) is 1.37. The van der Waals surface area contributed by atoms with Gasteiger partial charge >= 0.3 is 12.1 Å². The lowest BCUT2D eigenvalue weighted by Gasteiger charge is -2.30. The first-order valence-electron chi connectivity index (χ1n) is 18.0. The van der Waals surface area contributed by atoms with Crippen molar-refractivity contribution >= 4 is 39.6 Å². The summed E-state index contributed by atoms with van der Waals surface area (Å²) in [5.41, 5.74) is 3.68. The van der Waals surface area contributed by atoms with E-state index in [1.54, 1.807) is 12.3 Å². The second-order valence-corrected chi connectivity index (χ2v) is 14.6. The maximum atomic E-state index is 13.6. The van der Waals surface area contributed by atoms with Gasteiger partial charge in [-0.25, -0.2) is 9.59 Å². The molecule has 1 heterocycles. The normalized spacial score (nSPS) is 16.5. The molecule has 52 heavy (non-hydrogen) atoms. The summed E-state index contributed by atoms with van der Waals surface area (Å²) in [5.74, 6) is 0.557. The predicted molar refractivity (Wildman–Crippen MR) is 203 cm³/mol. The fraction of sp³-hybridized carbons (Fsp3) is 0.349. The number of benzene rings is 4.